The number of halogens is 1. The second-order valence-electron chi connectivity index (χ2n) is 6.64. The predicted octanol–water partition coefficient (Wildman–Crippen LogP) is -0.505. The van der Waals surface area contributed by atoms with Gasteiger partial charge in [0.15, 0.2) is 11.6 Å². The van der Waals surface area contributed by atoms with Gasteiger partial charge in [0.25, 0.3) is 0 Å². The molecule has 130 valence electrons. The molecule has 0 unspecified atom stereocenters. The number of benzene rings is 3. The van der Waals surface area contributed by atoms with Crippen LogP contribution >= 0.6 is 11.6 Å². The summed E-state index contributed by atoms with van der Waals surface area (Å²) in [4.78, 5) is 13.0. The minimum absolute atomic E-state index is 0.0205. The molecule has 0 fully saturated rings. The average Bonchev–Trinajstić information content (AvgIpc) is 2.77. The molecule has 3 nitrogen and oxygen atoms in total. The smallest absolute Gasteiger partial charge is 0.208 e. The molecule has 0 aliphatic heterocycles. The van der Waals surface area contributed by atoms with Crippen LogP contribution in [-0.4, -0.2) is 54.2 Å². The Labute approximate surface area is 186 Å². The highest BCUT2D eigenvalue weighted by molar-refractivity contribution is 6.68. The fourth-order valence-corrected chi connectivity index (χ4v) is 3.31. The number of aromatic nitrogens is 3. The van der Waals surface area contributed by atoms with E-state index in [1.165, 1.54) is 0 Å². The number of rotatable bonds is 3. The van der Waals surface area contributed by atoms with Gasteiger partial charge in [0, 0.05) is 11.1 Å². The fourth-order valence-electron chi connectivity index (χ4n) is 3.15. The van der Waals surface area contributed by atoms with E-state index in [-0.39, 0.29) is 44.0 Å². The second kappa shape index (κ2) is 8.19. The largest absolute Gasteiger partial charge is 0.226 e. The maximum atomic E-state index is 6.19. The molecule has 9 heteroatoms. The monoisotopic (exact) mass is 393 g/mol. The van der Waals surface area contributed by atoms with Gasteiger partial charge in [-0.25, -0.2) is 4.98 Å². The lowest BCUT2D eigenvalue weighted by Gasteiger charge is -2.20. The highest BCUT2D eigenvalue weighted by Crippen LogP contribution is 2.25. The van der Waals surface area contributed by atoms with Crippen LogP contribution in [0.1, 0.15) is 0 Å². The van der Waals surface area contributed by atoms with Crippen LogP contribution in [0.3, 0.4) is 0 Å². The molecule has 0 saturated heterocycles. The molecule has 3 aromatic carbocycles. The minimum Gasteiger partial charge on any atom is -0.208 e. The van der Waals surface area contributed by atoms with Crippen LogP contribution in [0.15, 0.2) is 54.6 Å². The number of nitrogens with zero attached hydrogens (tertiary/aromatic N) is 3. The molecule has 0 atom stereocenters. The van der Waals surface area contributed by atoms with Crippen LogP contribution in [0.2, 0.25) is 5.28 Å². The third-order valence-corrected chi connectivity index (χ3v) is 4.93. The van der Waals surface area contributed by atoms with Crippen molar-refractivity contribution in [3.05, 3.63) is 59.9 Å². The predicted molar refractivity (Wildman–Crippen MR) is 128 cm³/mol. The summed E-state index contributed by atoms with van der Waals surface area (Å²) in [5.41, 5.74) is 3.68. The van der Waals surface area contributed by atoms with Gasteiger partial charge in [-0.05, 0) is 28.8 Å². The molecule has 0 amide bonds. The van der Waals surface area contributed by atoms with Crippen molar-refractivity contribution in [2.45, 2.75) is 0 Å². The number of hydrogen-bond acceptors (Lipinski definition) is 3. The molecule has 0 bridgehead atoms. The first kappa shape index (κ1) is 20.6. The third-order valence-electron chi connectivity index (χ3n) is 4.76. The molecular formula is C21H9B5ClN3. The van der Waals surface area contributed by atoms with E-state index in [1.54, 1.807) is 0 Å². The molecule has 1 heterocycles. The summed E-state index contributed by atoms with van der Waals surface area (Å²) < 4.78 is 0. The van der Waals surface area contributed by atoms with Gasteiger partial charge in [-0.3, -0.25) is 0 Å². The zero-order chi connectivity index (χ0) is 21.4. The van der Waals surface area contributed by atoms with Gasteiger partial charge in [0.1, 0.15) is 39.2 Å². The quantitative estimate of drug-likeness (QED) is 0.441. The zero-order valence-electron chi connectivity index (χ0n) is 15.8. The van der Waals surface area contributed by atoms with Crippen LogP contribution < -0.4 is 27.3 Å². The maximum absolute atomic E-state index is 6.19. The Morgan fingerprint density at radius 2 is 1.07 bits per heavy atom. The normalized spacial score (nSPS) is 10.8. The molecule has 1 aromatic heterocycles. The van der Waals surface area contributed by atoms with Crippen molar-refractivity contribution < 1.29 is 0 Å². The summed E-state index contributed by atoms with van der Waals surface area (Å²) in [6, 6.07) is 17.7. The Morgan fingerprint density at radius 1 is 0.533 bits per heavy atom. The first-order valence-electron chi connectivity index (χ1n) is 8.96. The van der Waals surface area contributed by atoms with E-state index in [2.05, 4.69) is 15.0 Å². The van der Waals surface area contributed by atoms with Gasteiger partial charge < -0.3 is 0 Å². The SMILES string of the molecule is [B]c1c([B])c([B])c(-c2nc(Cl)nc(-c3cccc(-c4ccccc4)c3)n2)c([B])c1[B]. The van der Waals surface area contributed by atoms with Crippen LogP contribution in [0, 0.1) is 0 Å². The lowest BCUT2D eigenvalue weighted by Crippen LogP contribution is -2.55. The molecule has 0 N–H and O–H groups in total. The van der Waals surface area contributed by atoms with Crippen molar-refractivity contribution in [2.75, 3.05) is 0 Å². The highest BCUT2D eigenvalue weighted by Gasteiger charge is 2.17. The molecule has 0 saturated carbocycles. The summed E-state index contributed by atoms with van der Waals surface area (Å²) in [5.74, 6) is 0.513. The average molecular weight is 393 g/mol. The Balaban J connectivity index is 1.88. The molecule has 10 radical (unpaired) electrons. The minimum atomic E-state index is -0.0205. The van der Waals surface area contributed by atoms with Gasteiger partial charge in [-0.1, -0.05) is 59.5 Å². The fraction of sp³-hybridized carbons (Fsp3) is 0. The summed E-state index contributed by atoms with van der Waals surface area (Å²) >= 11 is 6.19. The van der Waals surface area contributed by atoms with Crippen molar-refractivity contribution in [1.82, 2.24) is 15.0 Å². The van der Waals surface area contributed by atoms with Crippen molar-refractivity contribution in [2.24, 2.45) is 0 Å². The molecule has 30 heavy (non-hydrogen) atoms. The van der Waals surface area contributed by atoms with E-state index in [4.69, 9.17) is 50.8 Å². The van der Waals surface area contributed by atoms with E-state index in [1.807, 2.05) is 54.6 Å². The summed E-state index contributed by atoms with van der Waals surface area (Å²) in [7, 11) is 30.1. The molecule has 0 aliphatic rings. The standard InChI is InChI=1S/C21H9B5ClN3/c22-14-13(15(23)17(25)18(26)16(14)24)20-28-19(29-21(27)30-20)12-8-4-7-11(9-12)10-5-2-1-3-6-10/h1-9H. The van der Waals surface area contributed by atoms with Gasteiger partial charge in [-0.15, -0.1) is 16.4 Å². The van der Waals surface area contributed by atoms with Crippen LogP contribution in [0.5, 0.6) is 0 Å². The second-order valence-corrected chi connectivity index (χ2v) is 6.98. The molecule has 0 aliphatic carbocycles. The van der Waals surface area contributed by atoms with Gasteiger partial charge in [-0.2, -0.15) is 9.97 Å². The Hall–Kier alpha value is -2.72. The van der Waals surface area contributed by atoms with Gasteiger partial charge >= 0.3 is 0 Å². The first-order chi connectivity index (χ1) is 14.4. The van der Waals surface area contributed by atoms with E-state index >= 15 is 0 Å². The lowest BCUT2D eigenvalue weighted by molar-refractivity contribution is 1.07. The molecule has 0 spiro atoms. The Kier molecular flexibility index (Phi) is 5.61. The van der Waals surface area contributed by atoms with Crippen molar-refractivity contribution >= 4 is 78.1 Å². The lowest BCUT2D eigenvalue weighted by atomic mass is 9.60. The van der Waals surface area contributed by atoms with Crippen molar-refractivity contribution in [1.29, 1.82) is 0 Å². The Morgan fingerprint density at radius 3 is 1.73 bits per heavy atom. The Bertz CT molecular complexity index is 1240. The third kappa shape index (κ3) is 3.72. The van der Waals surface area contributed by atoms with Crippen LogP contribution in [0.25, 0.3) is 33.9 Å². The summed E-state index contributed by atoms with van der Waals surface area (Å²) in [6.07, 6.45) is 0. The van der Waals surface area contributed by atoms with Crippen molar-refractivity contribution in [3.8, 4) is 33.9 Å². The van der Waals surface area contributed by atoms with Crippen molar-refractivity contribution in [3.63, 3.8) is 0 Å². The molecule has 4 rings (SSSR count). The number of hydrogen-bond donors (Lipinski definition) is 0. The maximum Gasteiger partial charge on any atom is 0.226 e. The summed E-state index contributed by atoms with van der Waals surface area (Å²) in [6.45, 7) is 0. The van der Waals surface area contributed by atoms with E-state index in [0.717, 1.165) is 16.7 Å². The summed E-state index contributed by atoms with van der Waals surface area (Å²) in [5, 5.41) is -0.0205. The van der Waals surface area contributed by atoms with E-state index < -0.39 is 0 Å². The molecular weight excluding hydrogens is 384 g/mol. The zero-order valence-corrected chi connectivity index (χ0v) is 16.6. The van der Waals surface area contributed by atoms with E-state index in [9.17, 15) is 0 Å². The van der Waals surface area contributed by atoms with Gasteiger partial charge in [0.05, 0.1) is 0 Å². The molecule has 4 aromatic rings. The topological polar surface area (TPSA) is 38.7 Å². The van der Waals surface area contributed by atoms with E-state index in [0.29, 0.717) is 5.82 Å². The van der Waals surface area contributed by atoms with Crippen LogP contribution in [0.4, 0.5) is 0 Å². The highest BCUT2D eigenvalue weighted by atomic mass is 35.5. The first-order valence-corrected chi connectivity index (χ1v) is 9.33. The van der Waals surface area contributed by atoms with Crippen LogP contribution in [-0.2, 0) is 0 Å². The van der Waals surface area contributed by atoms with Gasteiger partial charge in [0.2, 0.25) is 5.28 Å².